The topological polar surface area (TPSA) is 36.4 Å². The summed E-state index contributed by atoms with van der Waals surface area (Å²) in [7, 11) is 2.03. The van der Waals surface area contributed by atoms with Crippen molar-refractivity contribution in [3.8, 4) is 0 Å². The summed E-state index contributed by atoms with van der Waals surface area (Å²) in [4.78, 5) is 6.36. The van der Waals surface area contributed by atoms with E-state index in [1.165, 1.54) is 12.8 Å². The van der Waals surface area contributed by atoms with Crippen LogP contribution in [0.15, 0.2) is 11.6 Å². The minimum Gasteiger partial charge on any atom is -0.392 e. The van der Waals surface area contributed by atoms with E-state index >= 15 is 0 Å². The average molecular weight is 212 g/mol. The zero-order chi connectivity index (χ0) is 9.97. The maximum atomic E-state index is 9.73. The van der Waals surface area contributed by atoms with Crippen LogP contribution in [0.1, 0.15) is 17.8 Å². The second-order valence-electron chi connectivity index (χ2n) is 4.03. The second-order valence-corrected chi connectivity index (χ2v) is 5.01. The van der Waals surface area contributed by atoms with Gasteiger partial charge in [0.25, 0.3) is 0 Å². The van der Waals surface area contributed by atoms with Gasteiger partial charge in [-0.1, -0.05) is 0 Å². The molecule has 1 unspecified atom stereocenters. The molecule has 0 aliphatic heterocycles. The standard InChI is InChI=1S/C10H16N2OS/c1-12(6-9(13)8-2-3-8)7-10-11-4-5-14-10/h4-5,8-9,13H,2-3,6-7H2,1H3. The van der Waals surface area contributed by atoms with E-state index in [2.05, 4.69) is 9.88 Å². The first-order chi connectivity index (χ1) is 6.75. The summed E-state index contributed by atoms with van der Waals surface area (Å²) in [5.41, 5.74) is 0. The number of rotatable bonds is 5. The molecular weight excluding hydrogens is 196 g/mol. The first-order valence-electron chi connectivity index (χ1n) is 5.00. The van der Waals surface area contributed by atoms with E-state index in [-0.39, 0.29) is 6.10 Å². The molecule has 1 aliphatic rings. The molecule has 78 valence electrons. The van der Waals surface area contributed by atoms with Crippen molar-refractivity contribution in [2.45, 2.75) is 25.5 Å². The molecule has 1 N–H and O–H groups in total. The maximum Gasteiger partial charge on any atom is 0.107 e. The van der Waals surface area contributed by atoms with Crippen LogP contribution in [0.5, 0.6) is 0 Å². The van der Waals surface area contributed by atoms with Gasteiger partial charge in [-0.15, -0.1) is 11.3 Å². The van der Waals surface area contributed by atoms with Crippen molar-refractivity contribution in [3.63, 3.8) is 0 Å². The van der Waals surface area contributed by atoms with Crippen LogP contribution in [0, 0.1) is 5.92 Å². The molecule has 14 heavy (non-hydrogen) atoms. The molecule has 1 heterocycles. The van der Waals surface area contributed by atoms with Gasteiger partial charge in [-0.25, -0.2) is 4.98 Å². The van der Waals surface area contributed by atoms with E-state index < -0.39 is 0 Å². The summed E-state index contributed by atoms with van der Waals surface area (Å²) in [6.07, 6.45) is 4.09. The minimum absolute atomic E-state index is 0.139. The van der Waals surface area contributed by atoms with Crippen molar-refractivity contribution in [1.82, 2.24) is 9.88 Å². The first-order valence-corrected chi connectivity index (χ1v) is 5.88. The Bertz CT molecular complexity index is 272. The van der Waals surface area contributed by atoms with Gasteiger partial charge in [0, 0.05) is 18.1 Å². The molecule has 2 rings (SSSR count). The van der Waals surface area contributed by atoms with E-state index in [1.54, 1.807) is 11.3 Å². The SMILES string of the molecule is CN(Cc1nccs1)CC(O)C1CC1. The highest BCUT2D eigenvalue weighted by Gasteiger charge is 2.30. The predicted molar refractivity (Wildman–Crippen MR) is 57.2 cm³/mol. The number of aliphatic hydroxyl groups is 1. The third kappa shape index (κ3) is 2.77. The lowest BCUT2D eigenvalue weighted by Crippen LogP contribution is -2.29. The Labute approximate surface area is 88.4 Å². The average Bonchev–Trinajstić information content (AvgIpc) is 2.87. The predicted octanol–water partition coefficient (Wildman–Crippen LogP) is 1.35. The quantitative estimate of drug-likeness (QED) is 0.800. The Morgan fingerprint density at radius 1 is 1.71 bits per heavy atom. The Morgan fingerprint density at radius 3 is 3.07 bits per heavy atom. The lowest BCUT2D eigenvalue weighted by molar-refractivity contribution is 0.104. The molecule has 0 bridgehead atoms. The summed E-state index contributed by atoms with van der Waals surface area (Å²) < 4.78 is 0. The summed E-state index contributed by atoms with van der Waals surface area (Å²) >= 11 is 1.67. The number of aromatic nitrogens is 1. The Balaban J connectivity index is 1.75. The number of likely N-dealkylation sites (N-methyl/N-ethyl adjacent to an activating group) is 1. The molecule has 1 saturated carbocycles. The summed E-state index contributed by atoms with van der Waals surface area (Å²) in [5.74, 6) is 0.564. The number of nitrogens with zero attached hydrogens (tertiary/aromatic N) is 2. The summed E-state index contributed by atoms with van der Waals surface area (Å²) in [6, 6.07) is 0. The van der Waals surface area contributed by atoms with E-state index in [4.69, 9.17) is 0 Å². The van der Waals surface area contributed by atoms with E-state index in [9.17, 15) is 5.11 Å². The molecule has 0 aromatic carbocycles. The van der Waals surface area contributed by atoms with Crippen LogP contribution < -0.4 is 0 Å². The lowest BCUT2D eigenvalue weighted by atomic mass is 10.2. The number of hydrogen-bond donors (Lipinski definition) is 1. The van der Waals surface area contributed by atoms with Crippen LogP contribution in [0.25, 0.3) is 0 Å². The summed E-state index contributed by atoms with van der Waals surface area (Å²) in [6.45, 7) is 1.62. The molecule has 1 atom stereocenters. The van der Waals surface area contributed by atoms with Crippen molar-refractivity contribution >= 4 is 11.3 Å². The Hall–Kier alpha value is -0.450. The molecular formula is C10H16N2OS. The van der Waals surface area contributed by atoms with Crippen LogP contribution >= 0.6 is 11.3 Å². The van der Waals surface area contributed by atoms with Gasteiger partial charge in [-0.2, -0.15) is 0 Å². The molecule has 1 aromatic heterocycles. The fraction of sp³-hybridized carbons (Fsp3) is 0.700. The van der Waals surface area contributed by atoms with Gasteiger partial charge in [0.1, 0.15) is 5.01 Å². The lowest BCUT2D eigenvalue weighted by Gasteiger charge is -2.18. The van der Waals surface area contributed by atoms with Crippen LogP contribution in [0.3, 0.4) is 0 Å². The largest absolute Gasteiger partial charge is 0.392 e. The number of thiazole rings is 1. The first kappa shape index (κ1) is 10.1. The third-order valence-electron chi connectivity index (χ3n) is 2.55. The normalized spacial score (nSPS) is 18.8. The third-order valence-corrected chi connectivity index (χ3v) is 3.32. The molecule has 1 fully saturated rings. The fourth-order valence-corrected chi connectivity index (χ4v) is 2.27. The molecule has 0 radical (unpaired) electrons. The van der Waals surface area contributed by atoms with Crippen molar-refractivity contribution in [1.29, 1.82) is 0 Å². The smallest absolute Gasteiger partial charge is 0.107 e. The van der Waals surface area contributed by atoms with Crippen LogP contribution in [-0.2, 0) is 6.54 Å². The summed E-state index contributed by atoms with van der Waals surface area (Å²) in [5, 5.41) is 12.8. The van der Waals surface area contributed by atoms with Crippen molar-refractivity contribution in [2.75, 3.05) is 13.6 Å². The molecule has 3 nitrogen and oxygen atoms in total. The zero-order valence-corrected chi connectivity index (χ0v) is 9.20. The van der Waals surface area contributed by atoms with Gasteiger partial charge in [-0.3, -0.25) is 4.90 Å². The Morgan fingerprint density at radius 2 is 2.50 bits per heavy atom. The van der Waals surface area contributed by atoms with Crippen LogP contribution in [0.4, 0.5) is 0 Å². The van der Waals surface area contributed by atoms with Gasteiger partial charge in [0.05, 0.1) is 12.6 Å². The molecule has 4 heteroatoms. The van der Waals surface area contributed by atoms with E-state index in [0.717, 1.165) is 18.1 Å². The molecule has 0 saturated heterocycles. The molecule has 0 spiro atoms. The highest BCUT2D eigenvalue weighted by Crippen LogP contribution is 2.32. The van der Waals surface area contributed by atoms with Crippen molar-refractivity contribution in [2.24, 2.45) is 5.92 Å². The zero-order valence-electron chi connectivity index (χ0n) is 8.39. The van der Waals surface area contributed by atoms with Crippen LogP contribution in [-0.4, -0.2) is 34.7 Å². The van der Waals surface area contributed by atoms with Crippen molar-refractivity contribution < 1.29 is 5.11 Å². The van der Waals surface area contributed by atoms with Gasteiger partial charge >= 0.3 is 0 Å². The fourth-order valence-electron chi connectivity index (χ4n) is 1.58. The van der Waals surface area contributed by atoms with Crippen molar-refractivity contribution in [3.05, 3.63) is 16.6 Å². The highest BCUT2D eigenvalue weighted by molar-refractivity contribution is 7.09. The minimum atomic E-state index is -0.139. The molecule has 1 aliphatic carbocycles. The van der Waals surface area contributed by atoms with E-state index in [1.807, 2.05) is 18.6 Å². The van der Waals surface area contributed by atoms with E-state index in [0.29, 0.717) is 5.92 Å². The molecule has 0 amide bonds. The van der Waals surface area contributed by atoms with Gasteiger partial charge in [0.15, 0.2) is 0 Å². The highest BCUT2D eigenvalue weighted by atomic mass is 32.1. The second kappa shape index (κ2) is 4.38. The maximum absolute atomic E-state index is 9.73. The Kier molecular flexibility index (Phi) is 3.15. The van der Waals surface area contributed by atoms with Crippen LogP contribution in [0.2, 0.25) is 0 Å². The van der Waals surface area contributed by atoms with Gasteiger partial charge in [0.2, 0.25) is 0 Å². The number of aliphatic hydroxyl groups excluding tert-OH is 1. The monoisotopic (exact) mass is 212 g/mol. The number of hydrogen-bond acceptors (Lipinski definition) is 4. The van der Waals surface area contributed by atoms with Gasteiger partial charge < -0.3 is 5.11 Å². The molecule has 1 aromatic rings. The van der Waals surface area contributed by atoms with Gasteiger partial charge in [-0.05, 0) is 25.8 Å².